The molecule has 2 N–H and O–H groups in total. The highest BCUT2D eigenvalue weighted by Gasteiger charge is 2.21. The van der Waals surface area contributed by atoms with E-state index in [1.165, 1.54) is 0 Å². The molecule has 94 valence electrons. The second kappa shape index (κ2) is 5.26. The molecule has 7 heteroatoms. The van der Waals surface area contributed by atoms with Crippen molar-refractivity contribution in [3.63, 3.8) is 0 Å². The molecule has 0 aliphatic carbocycles. The van der Waals surface area contributed by atoms with E-state index >= 15 is 0 Å². The van der Waals surface area contributed by atoms with Gasteiger partial charge in [0.2, 0.25) is 11.5 Å². The Morgan fingerprint density at radius 3 is 2.67 bits per heavy atom. The van der Waals surface area contributed by atoms with Crippen molar-refractivity contribution in [3.8, 4) is 0 Å². The lowest BCUT2D eigenvalue weighted by atomic mass is 10.2. The highest BCUT2D eigenvalue weighted by Crippen LogP contribution is 2.11. The first kappa shape index (κ1) is 12.0. The molecule has 0 bridgehead atoms. The second-order valence-corrected chi connectivity index (χ2v) is 3.67. The van der Waals surface area contributed by atoms with E-state index in [1.54, 1.807) is 17.3 Å². The van der Waals surface area contributed by atoms with Gasteiger partial charge in [-0.25, -0.2) is 4.63 Å². The Labute approximate surface area is 104 Å². The zero-order chi connectivity index (χ0) is 13.0. The number of nitrogen functional groups attached to an aromatic ring is 1. The summed E-state index contributed by atoms with van der Waals surface area (Å²) >= 11 is 0. The fraction of sp³-hybridized carbons (Fsp3) is 0.273. The van der Waals surface area contributed by atoms with E-state index in [1.807, 2.05) is 19.1 Å². The fourth-order valence-corrected chi connectivity index (χ4v) is 1.53. The van der Waals surface area contributed by atoms with Crippen LogP contribution in [-0.2, 0) is 6.54 Å². The number of aromatic nitrogens is 3. The Hall–Kier alpha value is -2.44. The van der Waals surface area contributed by atoms with Crippen LogP contribution in [0.25, 0.3) is 0 Å². The zero-order valence-electron chi connectivity index (χ0n) is 9.91. The molecule has 0 radical (unpaired) electrons. The van der Waals surface area contributed by atoms with Crippen LogP contribution in [0, 0.1) is 0 Å². The first-order chi connectivity index (χ1) is 8.72. The minimum absolute atomic E-state index is 0.00757. The van der Waals surface area contributed by atoms with Crippen LogP contribution in [0.4, 0.5) is 5.82 Å². The van der Waals surface area contributed by atoms with Gasteiger partial charge in [0.25, 0.3) is 5.91 Å². The normalized spacial score (nSPS) is 10.3. The smallest absolute Gasteiger partial charge is 0.280 e. The van der Waals surface area contributed by atoms with E-state index in [0.29, 0.717) is 13.1 Å². The number of hydrogen-bond donors (Lipinski definition) is 1. The van der Waals surface area contributed by atoms with E-state index in [4.69, 9.17) is 5.73 Å². The quantitative estimate of drug-likeness (QED) is 0.854. The van der Waals surface area contributed by atoms with Gasteiger partial charge in [-0.1, -0.05) is 0 Å². The molecule has 2 aromatic heterocycles. The monoisotopic (exact) mass is 247 g/mol. The van der Waals surface area contributed by atoms with Crippen molar-refractivity contribution in [2.75, 3.05) is 12.3 Å². The van der Waals surface area contributed by atoms with Crippen molar-refractivity contribution in [3.05, 3.63) is 35.8 Å². The zero-order valence-corrected chi connectivity index (χ0v) is 9.91. The lowest BCUT2D eigenvalue weighted by Gasteiger charge is -2.19. The van der Waals surface area contributed by atoms with Gasteiger partial charge >= 0.3 is 0 Å². The number of nitrogens with two attached hydrogens (primary N) is 1. The Morgan fingerprint density at radius 2 is 2.11 bits per heavy atom. The molecular weight excluding hydrogens is 234 g/mol. The molecule has 0 atom stereocenters. The molecule has 1 amide bonds. The van der Waals surface area contributed by atoms with Gasteiger partial charge in [0.1, 0.15) is 0 Å². The summed E-state index contributed by atoms with van der Waals surface area (Å²) in [5.74, 6) is -0.291. The number of anilines is 1. The molecule has 18 heavy (non-hydrogen) atoms. The summed E-state index contributed by atoms with van der Waals surface area (Å²) in [7, 11) is 0. The Bertz CT molecular complexity index is 525. The summed E-state index contributed by atoms with van der Waals surface area (Å²) in [5.41, 5.74) is 6.53. The molecule has 2 rings (SSSR count). The summed E-state index contributed by atoms with van der Waals surface area (Å²) in [6.07, 6.45) is 3.36. The molecule has 0 saturated heterocycles. The Morgan fingerprint density at radius 1 is 1.39 bits per heavy atom. The van der Waals surface area contributed by atoms with E-state index < -0.39 is 0 Å². The molecule has 0 saturated carbocycles. The van der Waals surface area contributed by atoms with Crippen LogP contribution < -0.4 is 5.73 Å². The van der Waals surface area contributed by atoms with Gasteiger partial charge in [0.05, 0.1) is 0 Å². The highest BCUT2D eigenvalue weighted by atomic mass is 16.6. The Balaban J connectivity index is 2.15. The van der Waals surface area contributed by atoms with Crippen LogP contribution in [0.2, 0.25) is 0 Å². The van der Waals surface area contributed by atoms with Gasteiger partial charge in [-0.3, -0.25) is 9.78 Å². The molecule has 0 aliphatic rings. The number of nitrogens with zero attached hydrogens (tertiary/aromatic N) is 4. The predicted molar refractivity (Wildman–Crippen MR) is 63.4 cm³/mol. The summed E-state index contributed by atoms with van der Waals surface area (Å²) < 4.78 is 4.43. The van der Waals surface area contributed by atoms with Gasteiger partial charge < -0.3 is 10.6 Å². The van der Waals surface area contributed by atoms with E-state index in [9.17, 15) is 4.79 Å². The predicted octanol–water partition coefficient (Wildman–Crippen LogP) is 0.709. The van der Waals surface area contributed by atoms with Crippen LogP contribution >= 0.6 is 0 Å². The molecule has 0 aromatic carbocycles. The largest absolute Gasteiger partial charge is 0.379 e. The van der Waals surface area contributed by atoms with Gasteiger partial charge in [-0.2, -0.15) is 0 Å². The first-order valence-corrected chi connectivity index (χ1v) is 5.48. The lowest BCUT2D eigenvalue weighted by molar-refractivity contribution is 0.0742. The number of rotatable bonds is 4. The number of pyridine rings is 1. The van der Waals surface area contributed by atoms with Crippen molar-refractivity contribution in [1.82, 2.24) is 20.2 Å². The average molecular weight is 247 g/mol. The molecule has 0 spiro atoms. The van der Waals surface area contributed by atoms with E-state index in [2.05, 4.69) is 19.9 Å². The maximum absolute atomic E-state index is 12.1. The molecule has 0 fully saturated rings. The molecule has 7 nitrogen and oxygen atoms in total. The van der Waals surface area contributed by atoms with Gasteiger partial charge in [0, 0.05) is 25.5 Å². The third kappa shape index (κ3) is 2.45. The SMILES string of the molecule is CCN(Cc1ccncc1)C(=O)c1nonc1N. The standard InChI is InChI=1S/C11H13N5O2/c1-2-16(7-8-3-5-13-6-4-8)11(17)9-10(12)15-18-14-9/h3-6H,2,7H2,1H3,(H2,12,15). The second-order valence-electron chi connectivity index (χ2n) is 3.67. The lowest BCUT2D eigenvalue weighted by Crippen LogP contribution is -2.31. The van der Waals surface area contributed by atoms with Crippen molar-refractivity contribution in [2.24, 2.45) is 0 Å². The van der Waals surface area contributed by atoms with Crippen molar-refractivity contribution in [2.45, 2.75) is 13.5 Å². The molecule has 0 aliphatic heterocycles. The van der Waals surface area contributed by atoms with Crippen LogP contribution in [0.5, 0.6) is 0 Å². The number of carbonyl (C=O) groups is 1. The molecule has 2 heterocycles. The third-order valence-corrected chi connectivity index (χ3v) is 2.51. The van der Waals surface area contributed by atoms with Crippen LogP contribution in [-0.4, -0.2) is 32.6 Å². The van der Waals surface area contributed by atoms with Gasteiger partial charge in [-0.15, -0.1) is 0 Å². The van der Waals surface area contributed by atoms with Crippen LogP contribution in [0.15, 0.2) is 29.2 Å². The molecule has 2 aromatic rings. The number of amides is 1. The fourth-order valence-electron chi connectivity index (χ4n) is 1.53. The summed E-state index contributed by atoms with van der Waals surface area (Å²) in [4.78, 5) is 17.7. The van der Waals surface area contributed by atoms with Crippen molar-refractivity contribution >= 4 is 11.7 Å². The Kier molecular flexibility index (Phi) is 3.52. The maximum Gasteiger partial charge on any atom is 0.280 e. The minimum atomic E-state index is -0.298. The molecular formula is C11H13N5O2. The number of carbonyl (C=O) groups excluding carboxylic acids is 1. The minimum Gasteiger partial charge on any atom is -0.379 e. The van der Waals surface area contributed by atoms with Gasteiger partial charge in [-0.05, 0) is 34.9 Å². The van der Waals surface area contributed by atoms with E-state index in [-0.39, 0.29) is 17.4 Å². The van der Waals surface area contributed by atoms with Crippen molar-refractivity contribution in [1.29, 1.82) is 0 Å². The topological polar surface area (TPSA) is 98.1 Å². The molecule has 0 unspecified atom stereocenters. The van der Waals surface area contributed by atoms with Crippen LogP contribution in [0.3, 0.4) is 0 Å². The summed E-state index contributed by atoms with van der Waals surface area (Å²) in [6, 6.07) is 3.70. The average Bonchev–Trinajstić information content (AvgIpc) is 2.82. The van der Waals surface area contributed by atoms with Crippen LogP contribution in [0.1, 0.15) is 23.0 Å². The summed E-state index contributed by atoms with van der Waals surface area (Å²) in [6.45, 7) is 2.88. The highest BCUT2D eigenvalue weighted by molar-refractivity contribution is 5.95. The van der Waals surface area contributed by atoms with Gasteiger partial charge in [0.15, 0.2) is 0 Å². The van der Waals surface area contributed by atoms with E-state index in [0.717, 1.165) is 5.56 Å². The first-order valence-electron chi connectivity index (χ1n) is 5.48. The third-order valence-electron chi connectivity index (χ3n) is 2.51. The maximum atomic E-state index is 12.1. The number of hydrogen-bond acceptors (Lipinski definition) is 6. The van der Waals surface area contributed by atoms with Crippen molar-refractivity contribution < 1.29 is 9.42 Å². The summed E-state index contributed by atoms with van der Waals surface area (Å²) in [5, 5.41) is 6.91.